The van der Waals surface area contributed by atoms with Crippen molar-refractivity contribution >= 4 is 0 Å². The molecule has 1 nitrogen and oxygen atoms in total. The first-order valence-corrected chi connectivity index (χ1v) is 2.86. The molecule has 0 spiro atoms. The first-order chi connectivity index (χ1) is 5.14. The molecule has 0 aliphatic heterocycles. The Labute approximate surface area is 64.0 Å². The van der Waals surface area contributed by atoms with Crippen molar-refractivity contribution in [3.8, 4) is 0 Å². The highest BCUT2D eigenvalue weighted by Crippen LogP contribution is 2.41. The summed E-state index contributed by atoms with van der Waals surface area (Å²) in [7, 11) is 0. The van der Waals surface area contributed by atoms with Crippen molar-refractivity contribution in [3.63, 3.8) is 0 Å². The lowest BCUT2D eigenvalue weighted by Gasteiger charge is -2.29. The Bertz CT molecular complexity index is 143. The molecule has 0 rings (SSSR count). The predicted octanol–water partition coefficient (Wildman–Crippen LogP) is 1.90. The largest absolute Gasteiger partial charge is 0.430 e. The van der Waals surface area contributed by atoms with Crippen LogP contribution in [0.5, 0.6) is 0 Å². The van der Waals surface area contributed by atoms with E-state index >= 15 is 0 Å². The minimum absolute atomic E-state index is 0.319. The van der Waals surface area contributed by atoms with E-state index < -0.39 is 24.4 Å². The van der Waals surface area contributed by atoms with Gasteiger partial charge in [0.1, 0.15) is 6.10 Å². The van der Waals surface area contributed by atoms with Gasteiger partial charge in [0, 0.05) is 0 Å². The molecule has 0 aromatic rings. The SMILES string of the molecule is CC(O)C(F)(C(F)F)C(F)(F)F. The van der Waals surface area contributed by atoms with Crippen molar-refractivity contribution < 1.29 is 31.4 Å². The fourth-order valence-electron chi connectivity index (χ4n) is 0.543. The topological polar surface area (TPSA) is 20.2 Å². The zero-order valence-electron chi connectivity index (χ0n) is 5.87. The molecule has 1 N–H and O–H groups in total. The van der Waals surface area contributed by atoms with Gasteiger partial charge in [0.05, 0.1) is 0 Å². The minimum Gasteiger partial charge on any atom is -0.389 e. The summed E-state index contributed by atoms with van der Waals surface area (Å²) in [4.78, 5) is 0. The number of alkyl halides is 6. The quantitative estimate of drug-likeness (QED) is 0.668. The Kier molecular flexibility index (Phi) is 3.00. The van der Waals surface area contributed by atoms with Gasteiger partial charge < -0.3 is 5.11 Å². The lowest BCUT2D eigenvalue weighted by atomic mass is 10.0. The second kappa shape index (κ2) is 3.12. The molecule has 0 radical (unpaired) electrons. The summed E-state index contributed by atoms with van der Waals surface area (Å²) in [5, 5.41) is 8.20. The van der Waals surface area contributed by atoms with Gasteiger partial charge in [-0.3, -0.25) is 0 Å². The van der Waals surface area contributed by atoms with Crippen LogP contribution >= 0.6 is 0 Å². The van der Waals surface area contributed by atoms with Crippen LogP contribution in [0.4, 0.5) is 26.3 Å². The van der Waals surface area contributed by atoms with E-state index in [1.165, 1.54) is 0 Å². The predicted molar refractivity (Wildman–Crippen MR) is 27.6 cm³/mol. The standard InChI is InChI=1S/C5H6F6O/c1-2(12)4(8,3(6)7)5(9,10)11/h2-3,12H,1H3. The molecule has 0 bridgehead atoms. The summed E-state index contributed by atoms with van der Waals surface area (Å²) in [5.41, 5.74) is -4.84. The van der Waals surface area contributed by atoms with Crippen molar-refractivity contribution in [2.75, 3.05) is 0 Å². The first kappa shape index (κ1) is 11.5. The highest BCUT2D eigenvalue weighted by atomic mass is 19.4. The molecule has 0 heterocycles. The monoisotopic (exact) mass is 196 g/mol. The van der Waals surface area contributed by atoms with Crippen LogP contribution in [-0.4, -0.2) is 29.5 Å². The second-order valence-corrected chi connectivity index (χ2v) is 2.24. The summed E-state index contributed by atoms with van der Waals surface area (Å²) >= 11 is 0. The molecule has 0 amide bonds. The van der Waals surface area contributed by atoms with E-state index in [9.17, 15) is 26.3 Å². The van der Waals surface area contributed by atoms with E-state index in [2.05, 4.69) is 0 Å². The normalized spacial score (nSPS) is 20.8. The summed E-state index contributed by atoms with van der Waals surface area (Å²) in [6.45, 7) is 0.319. The van der Waals surface area contributed by atoms with Gasteiger partial charge in [0.2, 0.25) is 0 Å². The molecular formula is C5H6F6O. The summed E-state index contributed by atoms with van der Waals surface area (Å²) < 4.78 is 70.3. The van der Waals surface area contributed by atoms with Crippen LogP contribution in [0.15, 0.2) is 0 Å². The number of hydrogen-bond donors (Lipinski definition) is 1. The number of halogens is 6. The van der Waals surface area contributed by atoms with Gasteiger partial charge in [-0.2, -0.15) is 13.2 Å². The highest BCUT2D eigenvalue weighted by Gasteiger charge is 2.65. The molecule has 12 heavy (non-hydrogen) atoms. The van der Waals surface area contributed by atoms with Crippen molar-refractivity contribution in [3.05, 3.63) is 0 Å². The molecule has 2 atom stereocenters. The van der Waals surface area contributed by atoms with E-state index in [-0.39, 0.29) is 0 Å². The Morgan fingerprint density at radius 1 is 1.08 bits per heavy atom. The van der Waals surface area contributed by atoms with E-state index in [1.54, 1.807) is 0 Å². The fraction of sp³-hybridized carbons (Fsp3) is 1.00. The van der Waals surface area contributed by atoms with Crippen LogP contribution in [0.1, 0.15) is 6.92 Å². The van der Waals surface area contributed by atoms with Crippen molar-refractivity contribution in [2.24, 2.45) is 0 Å². The van der Waals surface area contributed by atoms with Gasteiger partial charge in [-0.15, -0.1) is 0 Å². The third-order valence-corrected chi connectivity index (χ3v) is 1.36. The third kappa shape index (κ3) is 1.65. The van der Waals surface area contributed by atoms with Crippen LogP contribution in [0.3, 0.4) is 0 Å². The molecule has 0 aromatic carbocycles. The van der Waals surface area contributed by atoms with Crippen LogP contribution in [0, 0.1) is 0 Å². The maximum absolute atomic E-state index is 12.4. The van der Waals surface area contributed by atoms with E-state index in [0.717, 1.165) is 0 Å². The number of aliphatic hydroxyl groups excluding tert-OH is 1. The van der Waals surface area contributed by atoms with Gasteiger partial charge >= 0.3 is 6.18 Å². The Morgan fingerprint density at radius 2 is 1.42 bits per heavy atom. The van der Waals surface area contributed by atoms with Crippen LogP contribution in [-0.2, 0) is 0 Å². The lowest BCUT2D eigenvalue weighted by Crippen LogP contribution is -2.55. The van der Waals surface area contributed by atoms with Crippen molar-refractivity contribution in [1.29, 1.82) is 0 Å². The summed E-state index contributed by atoms with van der Waals surface area (Å²) in [6, 6.07) is 0. The lowest BCUT2D eigenvalue weighted by molar-refractivity contribution is -0.293. The molecule has 0 aromatic heterocycles. The van der Waals surface area contributed by atoms with Gasteiger partial charge in [0.15, 0.2) is 0 Å². The van der Waals surface area contributed by atoms with E-state index in [4.69, 9.17) is 5.11 Å². The third-order valence-electron chi connectivity index (χ3n) is 1.36. The van der Waals surface area contributed by atoms with E-state index in [1.807, 2.05) is 0 Å². The molecule has 0 aliphatic rings. The smallest absolute Gasteiger partial charge is 0.389 e. The summed E-state index contributed by atoms with van der Waals surface area (Å²) in [6.07, 6.45) is -12.9. The first-order valence-electron chi connectivity index (χ1n) is 2.86. The van der Waals surface area contributed by atoms with Gasteiger partial charge in [-0.25, -0.2) is 13.2 Å². The molecule has 74 valence electrons. The second-order valence-electron chi connectivity index (χ2n) is 2.24. The Morgan fingerprint density at radius 3 is 1.42 bits per heavy atom. The Hall–Kier alpha value is -0.460. The molecule has 2 unspecified atom stereocenters. The molecule has 0 fully saturated rings. The fourth-order valence-corrected chi connectivity index (χ4v) is 0.543. The van der Waals surface area contributed by atoms with Crippen molar-refractivity contribution in [2.45, 2.75) is 31.3 Å². The number of rotatable bonds is 2. The Balaban J connectivity index is 4.89. The molecule has 7 heteroatoms. The molecule has 0 saturated heterocycles. The van der Waals surface area contributed by atoms with Gasteiger partial charge in [0.25, 0.3) is 12.1 Å². The minimum atomic E-state index is -5.77. The van der Waals surface area contributed by atoms with E-state index in [0.29, 0.717) is 6.92 Å². The van der Waals surface area contributed by atoms with Crippen LogP contribution in [0.25, 0.3) is 0 Å². The maximum atomic E-state index is 12.4. The van der Waals surface area contributed by atoms with Crippen LogP contribution in [0.2, 0.25) is 0 Å². The number of aliphatic hydroxyl groups is 1. The van der Waals surface area contributed by atoms with Crippen LogP contribution < -0.4 is 0 Å². The van der Waals surface area contributed by atoms with Gasteiger partial charge in [-0.05, 0) is 6.92 Å². The summed E-state index contributed by atoms with van der Waals surface area (Å²) in [5.74, 6) is 0. The molecular weight excluding hydrogens is 190 g/mol. The average Bonchev–Trinajstić information content (AvgIpc) is 1.82. The molecule has 0 saturated carbocycles. The van der Waals surface area contributed by atoms with Gasteiger partial charge in [-0.1, -0.05) is 0 Å². The molecule has 0 aliphatic carbocycles. The zero-order chi connectivity index (χ0) is 10.2. The average molecular weight is 196 g/mol. The van der Waals surface area contributed by atoms with Crippen molar-refractivity contribution in [1.82, 2.24) is 0 Å². The highest BCUT2D eigenvalue weighted by molar-refractivity contribution is 4.94. The maximum Gasteiger partial charge on any atom is 0.430 e. The zero-order valence-corrected chi connectivity index (χ0v) is 5.87. The number of hydrogen-bond acceptors (Lipinski definition) is 1.